The number of hydrogen-bond donors (Lipinski definition) is 2. The van der Waals surface area contributed by atoms with Gasteiger partial charge in [-0.1, -0.05) is 36.8 Å². The summed E-state index contributed by atoms with van der Waals surface area (Å²) in [6.07, 6.45) is 5.05. The molecule has 0 unspecified atom stereocenters. The third kappa shape index (κ3) is 4.46. The summed E-state index contributed by atoms with van der Waals surface area (Å²) >= 11 is 1.50. The molecule has 2 fully saturated rings. The van der Waals surface area contributed by atoms with Gasteiger partial charge in [0.05, 0.1) is 11.7 Å². The van der Waals surface area contributed by atoms with Gasteiger partial charge < -0.3 is 16.0 Å². The fourth-order valence-electron chi connectivity index (χ4n) is 4.35. The molecule has 154 valence electrons. The number of halogens is 2. The number of nitrogens with zero attached hydrogens (tertiary/aromatic N) is 2. The second-order valence-corrected chi connectivity index (χ2v) is 8.24. The van der Waals surface area contributed by atoms with Crippen LogP contribution in [0.2, 0.25) is 0 Å². The normalized spacial score (nSPS) is 21.3. The molecule has 2 aliphatic rings. The predicted molar refractivity (Wildman–Crippen MR) is 120 cm³/mol. The first-order valence-corrected chi connectivity index (χ1v) is 10.4. The summed E-state index contributed by atoms with van der Waals surface area (Å²) in [5, 5.41) is 6.08. The van der Waals surface area contributed by atoms with E-state index < -0.39 is 0 Å². The van der Waals surface area contributed by atoms with Gasteiger partial charge in [0, 0.05) is 23.9 Å². The molecule has 2 aliphatic heterocycles. The highest BCUT2D eigenvalue weighted by Gasteiger charge is 2.41. The quantitative estimate of drug-likeness (QED) is 0.760. The highest BCUT2D eigenvalue weighted by molar-refractivity contribution is 7.13. The lowest BCUT2D eigenvalue weighted by molar-refractivity contribution is -0.135. The van der Waals surface area contributed by atoms with Crippen molar-refractivity contribution in [3.8, 4) is 0 Å². The maximum Gasteiger partial charge on any atom is 0.239 e. The molecule has 3 N–H and O–H groups in total. The number of carbonyl (C=O) groups excluding carboxylic acids is 1. The van der Waals surface area contributed by atoms with Gasteiger partial charge in [-0.15, -0.1) is 36.2 Å². The van der Waals surface area contributed by atoms with Gasteiger partial charge in [0.15, 0.2) is 5.13 Å². The first-order valence-electron chi connectivity index (χ1n) is 9.48. The van der Waals surface area contributed by atoms with Gasteiger partial charge in [-0.25, -0.2) is 4.98 Å². The van der Waals surface area contributed by atoms with E-state index in [0.29, 0.717) is 5.13 Å². The Morgan fingerprint density at radius 3 is 2.46 bits per heavy atom. The Hall–Kier alpha value is -1.34. The Balaban J connectivity index is 0.00000140. The molecule has 3 heterocycles. The van der Waals surface area contributed by atoms with Gasteiger partial charge in [-0.2, -0.15) is 0 Å². The number of aromatic nitrogens is 1. The molecule has 5 nitrogen and oxygen atoms in total. The molecule has 1 atom stereocenters. The molecule has 8 heteroatoms. The van der Waals surface area contributed by atoms with Crippen molar-refractivity contribution in [2.24, 2.45) is 0 Å². The van der Waals surface area contributed by atoms with Crippen molar-refractivity contribution in [2.75, 3.05) is 25.4 Å². The van der Waals surface area contributed by atoms with Crippen molar-refractivity contribution in [2.45, 2.75) is 43.6 Å². The van der Waals surface area contributed by atoms with Crippen molar-refractivity contribution >= 4 is 47.2 Å². The molecule has 0 spiro atoms. The topological polar surface area (TPSA) is 71.2 Å². The van der Waals surface area contributed by atoms with E-state index in [-0.39, 0.29) is 42.2 Å². The first kappa shape index (κ1) is 22.9. The standard InChI is InChI=1S/C20H26N4OS.2ClH/c21-19-23-17(14-26-19)20(15-6-2-1-3-7-15)9-12-24(13-10-20)18(25)16-8-4-5-11-22-16;;/h1-3,6-7,14,16,22H,4-5,8-13H2,(H2,21,23);2*1H/t16-;;/m1../s1. The Bertz CT molecular complexity index is 757. The SMILES string of the molecule is Cl.Cl.Nc1nc(C2(c3ccccc3)CCN(C(=O)[C@H]3CCCCN3)CC2)cs1. The monoisotopic (exact) mass is 442 g/mol. The van der Waals surface area contributed by atoms with Crippen molar-refractivity contribution < 1.29 is 4.79 Å². The third-order valence-electron chi connectivity index (χ3n) is 5.88. The largest absolute Gasteiger partial charge is 0.375 e. The van der Waals surface area contributed by atoms with E-state index in [1.165, 1.54) is 23.3 Å². The van der Waals surface area contributed by atoms with E-state index in [1.54, 1.807) is 0 Å². The summed E-state index contributed by atoms with van der Waals surface area (Å²) in [5.74, 6) is 0.268. The Kier molecular flexibility index (Phi) is 8.13. The van der Waals surface area contributed by atoms with Crippen LogP contribution in [0.4, 0.5) is 5.13 Å². The van der Waals surface area contributed by atoms with Crippen LogP contribution in [0.25, 0.3) is 0 Å². The molecule has 2 saturated heterocycles. The zero-order valence-electron chi connectivity index (χ0n) is 15.8. The van der Waals surface area contributed by atoms with Gasteiger partial charge in [0.2, 0.25) is 5.91 Å². The zero-order valence-corrected chi connectivity index (χ0v) is 18.3. The maximum atomic E-state index is 12.9. The average Bonchev–Trinajstić information content (AvgIpc) is 3.16. The molecule has 2 aromatic rings. The minimum absolute atomic E-state index is 0. The Morgan fingerprint density at radius 1 is 1.18 bits per heavy atom. The summed E-state index contributed by atoms with van der Waals surface area (Å²) in [6.45, 7) is 2.49. The molecule has 28 heavy (non-hydrogen) atoms. The lowest BCUT2D eigenvalue weighted by atomic mass is 9.70. The minimum atomic E-state index is -0.147. The van der Waals surface area contributed by atoms with Crippen LogP contribution in [-0.2, 0) is 10.2 Å². The van der Waals surface area contributed by atoms with Crippen molar-refractivity contribution in [1.82, 2.24) is 15.2 Å². The third-order valence-corrected chi connectivity index (χ3v) is 6.55. The molecule has 0 radical (unpaired) electrons. The van der Waals surface area contributed by atoms with Crippen LogP contribution in [0.1, 0.15) is 43.4 Å². The summed E-state index contributed by atoms with van der Waals surface area (Å²) in [5.41, 5.74) is 8.10. The van der Waals surface area contributed by atoms with Gasteiger partial charge in [-0.05, 0) is 37.8 Å². The summed E-state index contributed by atoms with van der Waals surface area (Å²) in [6, 6.07) is 10.6. The lowest BCUT2D eigenvalue weighted by Gasteiger charge is -2.42. The minimum Gasteiger partial charge on any atom is -0.375 e. The molecule has 0 bridgehead atoms. The van der Waals surface area contributed by atoms with Gasteiger partial charge in [-0.3, -0.25) is 4.79 Å². The highest BCUT2D eigenvalue weighted by atomic mass is 35.5. The second kappa shape index (κ2) is 9.92. The van der Waals surface area contributed by atoms with E-state index in [9.17, 15) is 4.79 Å². The molecule has 1 aromatic heterocycles. The predicted octanol–water partition coefficient (Wildman–Crippen LogP) is 3.62. The number of nitrogen functional groups attached to an aromatic ring is 1. The van der Waals surface area contributed by atoms with Crippen molar-refractivity contribution in [1.29, 1.82) is 0 Å². The Labute approximate surface area is 182 Å². The maximum absolute atomic E-state index is 12.9. The molecule has 0 aliphatic carbocycles. The van der Waals surface area contributed by atoms with E-state index in [0.717, 1.165) is 51.0 Å². The molecule has 1 amide bonds. The molecular formula is C20H28Cl2N4OS. The molecule has 1 aromatic carbocycles. The Morgan fingerprint density at radius 2 is 1.89 bits per heavy atom. The number of anilines is 1. The van der Waals surface area contributed by atoms with Crippen LogP contribution in [0.5, 0.6) is 0 Å². The molecule has 0 saturated carbocycles. The van der Waals surface area contributed by atoms with Gasteiger partial charge >= 0.3 is 0 Å². The number of amides is 1. The number of hydrogen-bond acceptors (Lipinski definition) is 5. The van der Waals surface area contributed by atoms with Crippen LogP contribution >= 0.6 is 36.2 Å². The number of benzene rings is 1. The number of nitrogens with one attached hydrogen (secondary N) is 1. The van der Waals surface area contributed by atoms with E-state index in [4.69, 9.17) is 5.73 Å². The van der Waals surface area contributed by atoms with Crippen molar-refractivity contribution in [3.05, 3.63) is 47.0 Å². The number of nitrogens with two attached hydrogens (primary N) is 1. The molecule has 4 rings (SSSR count). The number of thiazole rings is 1. The van der Waals surface area contributed by atoms with E-state index in [2.05, 4.69) is 39.9 Å². The van der Waals surface area contributed by atoms with E-state index >= 15 is 0 Å². The van der Waals surface area contributed by atoms with Crippen LogP contribution < -0.4 is 11.1 Å². The number of piperidine rings is 2. The number of rotatable bonds is 3. The molecular weight excluding hydrogens is 415 g/mol. The fourth-order valence-corrected chi connectivity index (χ4v) is 5.01. The smallest absolute Gasteiger partial charge is 0.239 e. The number of likely N-dealkylation sites (tertiary alicyclic amines) is 1. The summed E-state index contributed by atoms with van der Waals surface area (Å²) in [4.78, 5) is 19.5. The first-order chi connectivity index (χ1) is 12.7. The average molecular weight is 443 g/mol. The van der Waals surface area contributed by atoms with Gasteiger partial charge in [0.25, 0.3) is 0 Å². The van der Waals surface area contributed by atoms with Crippen LogP contribution in [-0.4, -0.2) is 41.5 Å². The second-order valence-electron chi connectivity index (χ2n) is 7.35. The highest BCUT2D eigenvalue weighted by Crippen LogP contribution is 2.42. The van der Waals surface area contributed by atoms with Crippen LogP contribution in [0.3, 0.4) is 0 Å². The number of carbonyl (C=O) groups is 1. The lowest BCUT2D eigenvalue weighted by Crippen LogP contribution is -2.53. The summed E-state index contributed by atoms with van der Waals surface area (Å²) < 4.78 is 0. The fraction of sp³-hybridized carbons (Fsp3) is 0.500. The zero-order chi connectivity index (χ0) is 18.0. The van der Waals surface area contributed by atoms with Crippen molar-refractivity contribution in [3.63, 3.8) is 0 Å². The van der Waals surface area contributed by atoms with E-state index in [1.807, 2.05) is 11.0 Å². The van der Waals surface area contributed by atoms with Gasteiger partial charge in [0.1, 0.15) is 0 Å². The van der Waals surface area contributed by atoms with Crippen LogP contribution in [0.15, 0.2) is 35.7 Å². The van der Waals surface area contributed by atoms with Crippen LogP contribution in [0, 0.1) is 0 Å². The summed E-state index contributed by atoms with van der Waals surface area (Å²) in [7, 11) is 0.